The summed E-state index contributed by atoms with van der Waals surface area (Å²) in [5, 5.41) is 14.3. The molecule has 2 aliphatic heterocycles. The number of pyridine rings is 1. The van der Waals surface area contributed by atoms with Gasteiger partial charge in [0.05, 0.1) is 10.5 Å². The topological polar surface area (TPSA) is 77.3 Å². The van der Waals surface area contributed by atoms with E-state index in [1.165, 1.54) is 6.20 Å². The molecule has 2 saturated heterocycles. The normalized spacial score (nSPS) is 29.5. The fourth-order valence-corrected chi connectivity index (χ4v) is 4.27. The van der Waals surface area contributed by atoms with Crippen molar-refractivity contribution in [2.75, 3.05) is 23.4 Å². The van der Waals surface area contributed by atoms with Gasteiger partial charge in [-0.25, -0.2) is 0 Å². The summed E-state index contributed by atoms with van der Waals surface area (Å²) in [6.45, 7) is 0.719. The van der Waals surface area contributed by atoms with Gasteiger partial charge in [0.1, 0.15) is 11.9 Å². The molecule has 2 aliphatic rings. The number of thioether (sulfide) groups is 1. The summed E-state index contributed by atoms with van der Waals surface area (Å²) in [6.07, 6.45) is 5.75. The molecule has 7 heteroatoms. The Morgan fingerprint density at radius 2 is 2.50 bits per heavy atom. The number of nitro groups is 1. The number of hydrogen-bond acceptors (Lipinski definition) is 6. The lowest BCUT2D eigenvalue weighted by molar-refractivity contribution is -0.384. The van der Waals surface area contributed by atoms with Crippen molar-refractivity contribution < 1.29 is 9.66 Å². The Bertz CT molecular complexity index is 505. The summed E-state index contributed by atoms with van der Waals surface area (Å²) in [5.74, 6) is 2.17. The van der Waals surface area contributed by atoms with Crippen molar-refractivity contribution in [2.24, 2.45) is 0 Å². The molecule has 0 radical (unpaired) electrons. The number of rotatable bonds is 3. The number of ether oxygens (including phenoxy) is 1. The van der Waals surface area contributed by atoms with E-state index in [9.17, 15) is 10.1 Å². The van der Waals surface area contributed by atoms with Crippen molar-refractivity contribution in [3.63, 3.8) is 0 Å². The number of aromatic nitrogens is 1. The minimum absolute atomic E-state index is 0.0254. The van der Waals surface area contributed by atoms with Crippen LogP contribution in [0.1, 0.15) is 19.3 Å². The monoisotopic (exact) mass is 295 g/mol. The summed E-state index contributed by atoms with van der Waals surface area (Å²) in [6, 6.07) is 1.90. The van der Waals surface area contributed by atoms with Gasteiger partial charge < -0.3 is 10.1 Å². The predicted molar refractivity (Wildman–Crippen MR) is 78.2 cm³/mol. The zero-order valence-electron chi connectivity index (χ0n) is 11.1. The van der Waals surface area contributed by atoms with Crippen LogP contribution >= 0.6 is 11.8 Å². The molecule has 0 amide bonds. The Hall–Kier alpha value is -1.34. The van der Waals surface area contributed by atoms with E-state index in [0.29, 0.717) is 5.69 Å². The zero-order valence-corrected chi connectivity index (χ0v) is 11.9. The molecule has 1 N–H and O–H groups in total. The second kappa shape index (κ2) is 5.57. The standard InChI is InChI=1S/C13H17N3O3S/c17-16(18)12-8-14-4-1-11(12)15-10-2-5-19-13(7-10)3-6-20-9-13/h1,4,8,10H,2-3,5-7,9H2,(H,14,15)/t10-,13-/m1/s1. The Morgan fingerprint density at radius 3 is 3.25 bits per heavy atom. The molecule has 1 spiro atoms. The van der Waals surface area contributed by atoms with Gasteiger partial charge in [-0.05, 0) is 31.1 Å². The maximum Gasteiger partial charge on any atom is 0.310 e. The van der Waals surface area contributed by atoms with Crippen LogP contribution in [-0.2, 0) is 4.74 Å². The highest BCUT2D eigenvalue weighted by Gasteiger charge is 2.40. The lowest BCUT2D eigenvalue weighted by atomic mass is 9.90. The van der Waals surface area contributed by atoms with Gasteiger partial charge in [-0.15, -0.1) is 0 Å². The van der Waals surface area contributed by atoms with Crippen LogP contribution in [0.3, 0.4) is 0 Å². The summed E-state index contributed by atoms with van der Waals surface area (Å²) >= 11 is 1.92. The smallest absolute Gasteiger partial charge is 0.310 e. The largest absolute Gasteiger partial charge is 0.376 e. The Kier molecular flexibility index (Phi) is 3.80. The lowest BCUT2D eigenvalue weighted by Gasteiger charge is -2.38. The second-order valence-corrected chi connectivity index (χ2v) is 6.42. The maximum absolute atomic E-state index is 11.0. The Balaban J connectivity index is 1.73. The van der Waals surface area contributed by atoms with Gasteiger partial charge >= 0.3 is 5.69 Å². The fraction of sp³-hybridized carbons (Fsp3) is 0.615. The van der Waals surface area contributed by atoms with Crippen molar-refractivity contribution in [3.8, 4) is 0 Å². The summed E-state index contributed by atoms with van der Waals surface area (Å²) in [4.78, 5) is 14.4. The van der Waals surface area contributed by atoms with E-state index >= 15 is 0 Å². The average Bonchev–Trinajstić information content (AvgIpc) is 2.87. The summed E-state index contributed by atoms with van der Waals surface area (Å²) < 4.78 is 5.96. The lowest BCUT2D eigenvalue weighted by Crippen LogP contribution is -2.44. The van der Waals surface area contributed by atoms with Crippen LogP contribution in [0.2, 0.25) is 0 Å². The molecule has 1 aromatic heterocycles. The molecule has 3 rings (SSSR count). The Labute approximate surface area is 121 Å². The van der Waals surface area contributed by atoms with E-state index in [0.717, 1.165) is 37.4 Å². The van der Waals surface area contributed by atoms with Gasteiger partial charge in [-0.3, -0.25) is 15.1 Å². The van der Waals surface area contributed by atoms with Crippen LogP contribution in [0, 0.1) is 10.1 Å². The van der Waals surface area contributed by atoms with Gasteiger partial charge in [0, 0.05) is 24.6 Å². The maximum atomic E-state index is 11.0. The van der Waals surface area contributed by atoms with Crippen LogP contribution in [0.25, 0.3) is 0 Å². The molecule has 2 fully saturated rings. The Morgan fingerprint density at radius 1 is 1.60 bits per heavy atom. The van der Waals surface area contributed by atoms with Crippen LogP contribution < -0.4 is 5.32 Å². The molecular weight excluding hydrogens is 278 g/mol. The van der Waals surface area contributed by atoms with Crippen LogP contribution in [-0.4, -0.2) is 39.7 Å². The molecule has 3 heterocycles. The molecule has 6 nitrogen and oxygen atoms in total. The third-order valence-electron chi connectivity index (χ3n) is 3.92. The van der Waals surface area contributed by atoms with Crippen molar-refractivity contribution in [2.45, 2.75) is 30.9 Å². The number of hydrogen-bond donors (Lipinski definition) is 1. The first-order valence-electron chi connectivity index (χ1n) is 6.75. The van der Waals surface area contributed by atoms with E-state index in [-0.39, 0.29) is 17.3 Å². The third-order valence-corrected chi connectivity index (χ3v) is 5.14. The molecule has 0 bridgehead atoms. The van der Waals surface area contributed by atoms with Crippen LogP contribution in [0.15, 0.2) is 18.5 Å². The minimum Gasteiger partial charge on any atom is -0.376 e. The molecule has 20 heavy (non-hydrogen) atoms. The van der Waals surface area contributed by atoms with Crippen molar-refractivity contribution in [3.05, 3.63) is 28.6 Å². The number of nitrogens with one attached hydrogen (secondary N) is 1. The average molecular weight is 295 g/mol. The zero-order chi connectivity index (χ0) is 14.0. The first-order valence-corrected chi connectivity index (χ1v) is 7.91. The first kappa shape index (κ1) is 13.6. The fourth-order valence-electron chi connectivity index (χ4n) is 2.89. The third kappa shape index (κ3) is 2.73. The van der Waals surface area contributed by atoms with E-state index in [2.05, 4.69) is 10.3 Å². The predicted octanol–water partition coefficient (Wildman–Crippen LogP) is 2.46. The van der Waals surface area contributed by atoms with Crippen molar-refractivity contribution >= 4 is 23.1 Å². The SMILES string of the molecule is O=[N+]([O-])c1cnccc1N[C@@H]1CCO[C@]2(CCSC2)C1. The second-order valence-electron chi connectivity index (χ2n) is 5.32. The molecule has 0 saturated carbocycles. The van der Waals surface area contributed by atoms with Gasteiger partial charge in [0.2, 0.25) is 0 Å². The van der Waals surface area contributed by atoms with Gasteiger partial charge in [-0.2, -0.15) is 11.8 Å². The van der Waals surface area contributed by atoms with Gasteiger partial charge in [-0.1, -0.05) is 0 Å². The van der Waals surface area contributed by atoms with Crippen molar-refractivity contribution in [1.29, 1.82) is 0 Å². The highest BCUT2D eigenvalue weighted by atomic mass is 32.2. The summed E-state index contributed by atoms with van der Waals surface area (Å²) in [5.41, 5.74) is 0.564. The molecule has 0 aliphatic carbocycles. The van der Waals surface area contributed by atoms with Crippen LogP contribution in [0.5, 0.6) is 0 Å². The van der Waals surface area contributed by atoms with E-state index in [1.54, 1.807) is 12.3 Å². The molecule has 108 valence electrons. The first-order chi connectivity index (χ1) is 9.69. The van der Waals surface area contributed by atoms with E-state index < -0.39 is 4.92 Å². The molecule has 1 aromatic rings. The molecular formula is C13H17N3O3S. The highest BCUT2D eigenvalue weighted by molar-refractivity contribution is 7.99. The van der Waals surface area contributed by atoms with Crippen LogP contribution in [0.4, 0.5) is 11.4 Å². The minimum atomic E-state index is -0.393. The summed E-state index contributed by atoms with van der Waals surface area (Å²) in [7, 11) is 0. The molecule has 0 aromatic carbocycles. The van der Waals surface area contributed by atoms with Crippen molar-refractivity contribution in [1.82, 2.24) is 4.98 Å². The number of anilines is 1. The highest BCUT2D eigenvalue weighted by Crippen LogP contribution is 2.39. The van der Waals surface area contributed by atoms with E-state index in [4.69, 9.17) is 4.74 Å². The van der Waals surface area contributed by atoms with Gasteiger partial charge in [0.25, 0.3) is 0 Å². The molecule has 2 atom stereocenters. The quantitative estimate of drug-likeness (QED) is 0.682. The van der Waals surface area contributed by atoms with E-state index in [1.807, 2.05) is 11.8 Å². The van der Waals surface area contributed by atoms with Gasteiger partial charge in [0.15, 0.2) is 0 Å². The number of nitrogens with zero attached hydrogens (tertiary/aromatic N) is 2. The molecule has 0 unspecified atom stereocenters.